The van der Waals surface area contributed by atoms with E-state index in [0.717, 1.165) is 24.5 Å². The summed E-state index contributed by atoms with van der Waals surface area (Å²) in [4.78, 5) is 38.7. The maximum absolute atomic E-state index is 12.5. The summed E-state index contributed by atoms with van der Waals surface area (Å²) in [6, 6.07) is -0.404. The van der Waals surface area contributed by atoms with Crippen LogP contribution in [0.3, 0.4) is 0 Å². The van der Waals surface area contributed by atoms with E-state index in [-0.39, 0.29) is 18.9 Å². The number of nitrogens with zero attached hydrogens (tertiary/aromatic N) is 2. The lowest BCUT2D eigenvalue weighted by atomic mass is 9.87. The number of carbonyl (C=O) groups is 3. The van der Waals surface area contributed by atoms with E-state index in [1.54, 1.807) is 0 Å². The molecular weight excluding hydrogens is 272 g/mol. The first-order valence-corrected chi connectivity index (χ1v) is 7.49. The van der Waals surface area contributed by atoms with Crippen molar-refractivity contribution >= 4 is 17.8 Å². The molecule has 7 heteroatoms. The monoisotopic (exact) mass is 296 g/mol. The third-order valence-electron chi connectivity index (χ3n) is 4.16. The highest BCUT2D eigenvalue weighted by atomic mass is 16.2. The standard InChI is InChI=1S/C14H24N4O3/c1-10(2)9-17-7-4-14(5-8-17)12(20)18(13(21)16-14)6-3-11(15)19/h10H,3-9H2,1-2H3,(H2,15,19)(H,16,21). The molecule has 0 aromatic rings. The number of primary amides is 1. The van der Waals surface area contributed by atoms with Gasteiger partial charge in [0.1, 0.15) is 5.54 Å². The Kier molecular flexibility index (Phi) is 4.51. The summed E-state index contributed by atoms with van der Waals surface area (Å²) in [6.07, 6.45) is 1.25. The van der Waals surface area contributed by atoms with Crippen molar-refractivity contribution in [2.45, 2.75) is 38.6 Å². The highest BCUT2D eigenvalue weighted by Crippen LogP contribution is 2.29. The molecule has 7 nitrogen and oxygen atoms in total. The Bertz CT molecular complexity index is 442. The maximum Gasteiger partial charge on any atom is 0.325 e. The van der Waals surface area contributed by atoms with Gasteiger partial charge in [0.2, 0.25) is 5.91 Å². The van der Waals surface area contributed by atoms with Gasteiger partial charge in [-0.25, -0.2) is 4.79 Å². The number of carbonyl (C=O) groups excluding carboxylic acids is 3. The molecule has 1 spiro atoms. The minimum Gasteiger partial charge on any atom is -0.370 e. The summed E-state index contributed by atoms with van der Waals surface area (Å²) < 4.78 is 0. The lowest BCUT2D eigenvalue weighted by molar-refractivity contribution is -0.133. The van der Waals surface area contributed by atoms with Crippen molar-refractivity contribution in [3.05, 3.63) is 0 Å². The van der Waals surface area contributed by atoms with Crippen LogP contribution in [0.5, 0.6) is 0 Å². The van der Waals surface area contributed by atoms with Crippen molar-refractivity contribution in [2.75, 3.05) is 26.2 Å². The Labute approximate surface area is 124 Å². The maximum atomic E-state index is 12.5. The van der Waals surface area contributed by atoms with Crippen molar-refractivity contribution < 1.29 is 14.4 Å². The van der Waals surface area contributed by atoms with Gasteiger partial charge in [0, 0.05) is 32.6 Å². The normalized spacial score (nSPS) is 22.1. The fraction of sp³-hybridized carbons (Fsp3) is 0.786. The van der Waals surface area contributed by atoms with Crippen molar-refractivity contribution in [1.29, 1.82) is 0 Å². The Hall–Kier alpha value is -1.63. The molecule has 2 saturated heterocycles. The summed E-state index contributed by atoms with van der Waals surface area (Å²) in [5.74, 6) is -0.138. The van der Waals surface area contributed by atoms with Gasteiger partial charge in [-0.15, -0.1) is 0 Å². The second kappa shape index (κ2) is 6.01. The third-order valence-corrected chi connectivity index (χ3v) is 4.16. The van der Waals surface area contributed by atoms with Crippen LogP contribution in [0.15, 0.2) is 0 Å². The van der Waals surface area contributed by atoms with E-state index in [1.165, 1.54) is 0 Å². The molecule has 0 aliphatic carbocycles. The van der Waals surface area contributed by atoms with Crippen LogP contribution in [-0.4, -0.2) is 59.4 Å². The molecule has 2 rings (SSSR count). The molecular formula is C14H24N4O3. The van der Waals surface area contributed by atoms with Gasteiger partial charge in [-0.3, -0.25) is 14.5 Å². The molecule has 2 fully saturated rings. The number of hydrogen-bond acceptors (Lipinski definition) is 4. The van der Waals surface area contributed by atoms with E-state index < -0.39 is 17.5 Å². The van der Waals surface area contributed by atoms with Gasteiger partial charge >= 0.3 is 6.03 Å². The Balaban J connectivity index is 1.97. The second-order valence-electron chi connectivity index (χ2n) is 6.38. The van der Waals surface area contributed by atoms with Crippen molar-refractivity contribution in [3.63, 3.8) is 0 Å². The van der Waals surface area contributed by atoms with E-state index in [0.29, 0.717) is 18.8 Å². The zero-order chi connectivity index (χ0) is 15.6. The van der Waals surface area contributed by atoms with Crippen molar-refractivity contribution in [1.82, 2.24) is 15.1 Å². The van der Waals surface area contributed by atoms with E-state index in [9.17, 15) is 14.4 Å². The molecule has 2 aliphatic heterocycles. The fourth-order valence-electron chi connectivity index (χ4n) is 3.07. The molecule has 118 valence electrons. The first-order valence-electron chi connectivity index (χ1n) is 7.49. The Morgan fingerprint density at radius 3 is 2.48 bits per heavy atom. The zero-order valence-electron chi connectivity index (χ0n) is 12.7. The first kappa shape index (κ1) is 15.8. The first-order chi connectivity index (χ1) is 9.84. The molecule has 2 heterocycles. The summed E-state index contributed by atoms with van der Waals surface area (Å²) >= 11 is 0. The highest BCUT2D eigenvalue weighted by molar-refractivity contribution is 6.07. The largest absolute Gasteiger partial charge is 0.370 e. The summed E-state index contributed by atoms with van der Waals surface area (Å²) in [7, 11) is 0. The summed E-state index contributed by atoms with van der Waals surface area (Å²) in [5, 5.41) is 2.83. The number of nitrogens with one attached hydrogen (secondary N) is 1. The predicted octanol–water partition coefficient (Wildman–Crippen LogP) is -0.0958. The number of nitrogens with two attached hydrogens (primary N) is 1. The molecule has 0 aromatic carbocycles. The molecule has 0 bridgehead atoms. The number of rotatable bonds is 5. The molecule has 0 unspecified atom stereocenters. The van der Waals surface area contributed by atoms with Crippen molar-refractivity contribution in [3.8, 4) is 0 Å². The van der Waals surface area contributed by atoms with Gasteiger partial charge < -0.3 is 16.0 Å². The molecule has 0 aromatic heterocycles. The zero-order valence-corrected chi connectivity index (χ0v) is 12.7. The molecule has 2 aliphatic rings. The fourth-order valence-corrected chi connectivity index (χ4v) is 3.07. The SMILES string of the molecule is CC(C)CN1CCC2(CC1)NC(=O)N(CCC(N)=O)C2=O. The van der Waals surface area contributed by atoms with Crippen LogP contribution in [-0.2, 0) is 9.59 Å². The summed E-state index contributed by atoms with van der Waals surface area (Å²) in [5.41, 5.74) is 4.31. The number of likely N-dealkylation sites (tertiary alicyclic amines) is 1. The minimum atomic E-state index is -0.776. The molecule has 21 heavy (non-hydrogen) atoms. The van der Waals surface area contributed by atoms with Crippen LogP contribution in [0.1, 0.15) is 33.1 Å². The van der Waals surface area contributed by atoms with Crippen LogP contribution in [0.25, 0.3) is 0 Å². The second-order valence-corrected chi connectivity index (χ2v) is 6.38. The van der Waals surface area contributed by atoms with Crippen molar-refractivity contribution in [2.24, 2.45) is 11.7 Å². The van der Waals surface area contributed by atoms with Gasteiger partial charge in [0.15, 0.2) is 0 Å². The number of hydrogen-bond donors (Lipinski definition) is 2. The van der Waals surface area contributed by atoms with Crippen LogP contribution in [0, 0.1) is 5.92 Å². The van der Waals surface area contributed by atoms with E-state index >= 15 is 0 Å². The van der Waals surface area contributed by atoms with Crippen LogP contribution in [0.2, 0.25) is 0 Å². The molecule has 0 atom stereocenters. The minimum absolute atomic E-state index is 0.00865. The van der Waals surface area contributed by atoms with Gasteiger partial charge in [0.05, 0.1) is 0 Å². The highest BCUT2D eigenvalue weighted by Gasteiger charge is 2.52. The van der Waals surface area contributed by atoms with E-state index in [4.69, 9.17) is 5.73 Å². The Morgan fingerprint density at radius 1 is 1.33 bits per heavy atom. The quantitative estimate of drug-likeness (QED) is 0.693. The van der Waals surface area contributed by atoms with E-state index in [2.05, 4.69) is 24.1 Å². The number of urea groups is 1. The number of imide groups is 1. The van der Waals surface area contributed by atoms with Crippen LogP contribution in [0.4, 0.5) is 4.79 Å². The van der Waals surface area contributed by atoms with Crippen LogP contribution >= 0.6 is 0 Å². The smallest absolute Gasteiger partial charge is 0.325 e. The lowest BCUT2D eigenvalue weighted by Crippen LogP contribution is -2.55. The molecule has 0 saturated carbocycles. The van der Waals surface area contributed by atoms with E-state index in [1.807, 2.05) is 0 Å². The number of piperidine rings is 1. The average Bonchev–Trinajstić information content (AvgIpc) is 2.62. The van der Waals surface area contributed by atoms with Gasteiger partial charge in [-0.1, -0.05) is 13.8 Å². The molecule has 3 N–H and O–H groups in total. The third kappa shape index (κ3) is 3.34. The van der Waals surface area contributed by atoms with Gasteiger partial charge in [-0.05, 0) is 18.8 Å². The topological polar surface area (TPSA) is 95.7 Å². The van der Waals surface area contributed by atoms with Crippen LogP contribution < -0.4 is 11.1 Å². The number of amides is 4. The molecule has 4 amide bonds. The average molecular weight is 296 g/mol. The van der Waals surface area contributed by atoms with Gasteiger partial charge in [0.25, 0.3) is 5.91 Å². The summed E-state index contributed by atoms with van der Waals surface area (Å²) in [6.45, 7) is 7.00. The lowest BCUT2D eigenvalue weighted by Gasteiger charge is -2.37. The van der Waals surface area contributed by atoms with Gasteiger partial charge in [-0.2, -0.15) is 0 Å². The Morgan fingerprint density at radius 2 is 1.95 bits per heavy atom. The predicted molar refractivity (Wildman–Crippen MR) is 77.3 cm³/mol. The molecule has 0 radical (unpaired) electrons.